The van der Waals surface area contributed by atoms with E-state index in [1.807, 2.05) is 6.20 Å². The number of hydrogen-bond acceptors (Lipinski definition) is 0. The van der Waals surface area contributed by atoms with Gasteiger partial charge in [0, 0.05) is 28.2 Å². The van der Waals surface area contributed by atoms with Crippen LogP contribution >= 0.6 is 0 Å². The molecule has 2 heterocycles. The third kappa shape index (κ3) is 5.88. The fourth-order valence-electron chi connectivity index (χ4n) is 8.15. The van der Waals surface area contributed by atoms with Crippen LogP contribution in [-0.4, -0.2) is 9.55 Å². The molecule has 1 aliphatic rings. The van der Waals surface area contributed by atoms with E-state index in [4.69, 9.17) is 0 Å². The molecule has 0 bridgehead atoms. The summed E-state index contributed by atoms with van der Waals surface area (Å²) in [5, 5.41) is 3.76. The minimum absolute atomic E-state index is 0.955. The van der Waals surface area contributed by atoms with Gasteiger partial charge in [0.25, 0.3) is 0 Å². The van der Waals surface area contributed by atoms with Crippen LogP contribution in [-0.2, 0) is 0 Å². The molecule has 7 aromatic carbocycles. The van der Waals surface area contributed by atoms with E-state index < -0.39 is 0 Å². The molecule has 2 nitrogen and oxygen atoms in total. The number of nitrogens with zero attached hydrogens (tertiary/aromatic N) is 1. The second kappa shape index (κ2) is 13.6. The zero-order chi connectivity index (χ0) is 35.8. The monoisotopic (exact) mass is 690 g/mol. The van der Waals surface area contributed by atoms with E-state index in [0.717, 1.165) is 24.0 Å². The summed E-state index contributed by atoms with van der Waals surface area (Å²) < 4.78 is 2.38. The number of benzene rings is 7. The molecule has 0 unspecified atom stereocenters. The van der Waals surface area contributed by atoms with E-state index in [1.165, 1.54) is 82.9 Å². The Morgan fingerprint density at radius 2 is 1.04 bits per heavy atom. The first-order valence-corrected chi connectivity index (χ1v) is 18.8. The molecule has 0 saturated carbocycles. The summed E-state index contributed by atoms with van der Waals surface area (Å²) >= 11 is 0. The smallest absolute Gasteiger partial charge is 0.0541 e. The first kappa shape index (κ1) is 31.8. The molecule has 0 fully saturated rings. The van der Waals surface area contributed by atoms with Crippen molar-refractivity contribution in [2.75, 3.05) is 0 Å². The quantitative estimate of drug-likeness (QED) is 0.179. The van der Waals surface area contributed by atoms with Crippen LogP contribution in [0.3, 0.4) is 0 Å². The van der Waals surface area contributed by atoms with Gasteiger partial charge in [-0.15, -0.1) is 0 Å². The van der Waals surface area contributed by atoms with Crippen molar-refractivity contribution in [1.82, 2.24) is 9.55 Å². The Morgan fingerprint density at radius 1 is 0.426 bits per heavy atom. The lowest BCUT2D eigenvalue weighted by molar-refractivity contribution is 1.07. The third-order valence-electron chi connectivity index (χ3n) is 10.9. The molecule has 0 aliphatic heterocycles. The molecule has 2 aromatic heterocycles. The average molecular weight is 691 g/mol. The van der Waals surface area contributed by atoms with Gasteiger partial charge in [-0.2, -0.15) is 0 Å². The Balaban J connectivity index is 1.11. The molecule has 256 valence electrons. The Morgan fingerprint density at radius 3 is 1.76 bits per heavy atom. The topological polar surface area (TPSA) is 20.7 Å². The van der Waals surface area contributed by atoms with Crippen LogP contribution in [0.25, 0.3) is 77.4 Å². The Hall–Kier alpha value is -6.90. The van der Waals surface area contributed by atoms with Crippen molar-refractivity contribution in [1.29, 1.82) is 0 Å². The standard InChI is InChI=1S/C52H38N2/c1-3-12-36(13-4-1)39-16-11-17-40(32-43(31-39)37-14-5-2-6-15-37)45-33-44(34-46(35-45)41-24-27-50-42(30-41)28-29-53-50)38-22-25-47(26-23-38)54-51-20-9-7-18-48(51)49-19-8-10-21-52(49)54/h1-10,12-15,17-35,53H,11,16H2/b39-31+,40-17+,43-32+. The van der Waals surface area contributed by atoms with Gasteiger partial charge in [0.2, 0.25) is 0 Å². The van der Waals surface area contributed by atoms with Crippen LogP contribution < -0.4 is 0 Å². The molecule has 1 N–H and O–H groups in total. The highest BCUT2D eigenvalue weighted by atomic mass is 15.0. The SMILES string of the molecule is C1=C(c2ccccc2)\C=C(\c2ccccc2)CC\C=C/1c1cc(-c2ccc(-n3c4ccccc4c4ccccc43)cc2)cc(-c2ccc3[nH]ccc3c2)c1. The zero-order valence-corrected chi connectivity index (χ0v) is 29.9. The van der Waals surface area contributed by atoms with Crippen LogP contribution in [0.1, 0.15) is 29.5 Å². The second-order valence-corrected chi connectivity index (χ2v) is 14.2. The van der Waals surface area contributed by atoms with Gasteiger partial charge >= 0.3 is 0 Å². The Labute approximate surface area is 315 Å². The highest BCUT2D eigenvalue weighted by Gasteiger charge is 2.15. The number of aromatic amines is 1. The van der Waals surface area contributed by atoms with E-state index in [2.05, 4.69) is 204 Å². The summed E-state index contributed by atoms with van der Waals surface area (Å²) in [5.74, 6) is 0. The number of nitrogens with one attached hydrogen (secondary N) is 1. The van der Waals surface area contributed by atoms with E-state index >= 15 is 0 Å². The lowest BCUT2D eigenvalue weighted by Gasteiger charge is -2.17. The average Bonchev–Trinajstić information content (AvgIpc) is 3.84. The zero-order valence-electron chi connectivity index (χ0n) is 29.9. The summed E-state index contributed by atoms with van der Waals surface area (Å²) in [5.41, 5.74) is 17.1. The number of fused-ring (bicyclic) bond motifs is 4. The molecule has 9 aromatic rings. The molecule has 0 radical (unpaired) electrons. The third-order valence-corrected chi connectivity index (χ3v) is 10.9. The largest absolute Gasteiger partial charge is 0.361 e. The molecular weight excluding hydrogens is 653 g/mol. The van der Waals surface area contributed by atoms with Gasteiger partial charge < -0.3 is 9.55 Å². The van der Waals surface area contributed by atoms with Crippen LogP contribution in [0.15, 0.2) is 200 Å². The summed E-state index contributed by atoms with van der Waals surface area (Å²) in [4.78, 5) is 3.36. The molecule has 10 rings (SSSR count). The minimum Gasteiger partial charge on any atom is -0.361 e. The van der Waals surface area contributed by atoms with Crippen LogP contribution in [0.4, 0.5) is 0 Å². The van der Waals surface area contributed by atoms with Gasteiger partial charge in [-0.25, -0.2) is 0 Å². The van der Waals surface area contributed by atoms with Gasteiger partial charge in [-0.1, -0.05) is 127 Å². The summed E-state index contributed by atoms with van der Waals surface area (Å²) in [6, 6.07) is 64.1. The fraction of sp³-hybridized carbons (Fsp3) is 0.0385. The molecule has 0 amide bonds. The van der Waals surface area contributed by atoms with E-state index in [9.17, 15) is 0 Å². The summed E-state index contributed by atoms with van der Waals surface area (Å²) in [6.07, 6.45) is 11.2. The predicted octanol–water partition coefficient (Wildman–Crippen LogP) is 13.9. The summed E-state index contributed by atoms with van der Waals surface area (Å²) in [6.45, 7) is 0. The number of hydrogen-bond donors (Lipinski definition) is 1. The maximum absolute atomic E-state index is 3.36. The van der Waals surface area contributed by atoms with Crippen molar-refractivity contribution < 1.29 is 0 Å². The predicted molar refractivity (Wildman–Crippen MR) is 230 cm³/mol. The lowest BCUT2D eigenvalue weighted by Crippen LogP contribution is -1.95. The van der Waals surface area contributed by atoms with Crippen LogP contribution in [0.2, 0.25) is 0 Å². The highest BCUT2D eigenvalue weighted by Crippen LogP contribution is 2.38. The number of H-pyrrole nitrogens is 1. The van der Waals surface area contributed by atoms with Crippen molar-refractivity contribution in [3.8, 4) is 27.9 Å². The highest BCUT2D eigenvalue weighted by molar-refractivity contribution is 6.09. The lowest BCUT2D eigenvalue weighted by atomic mass is 9.88. The van der Waals surface area contributed by atoms with Crippen molar-refractivity contribution in [2.24, 2.45) is 0 Å². The number of rotatable bonds is 6. The van der Waals surface area contributed by atoms with Crippen LogP contribution in [0, 0.1) is 0 Å². The Kier molecular flexibility index (Phi) is 8.00. The van der Waals surface area contributed by atoms with Gasteiger partial charge in [-0.05, 0) is 141 Å². The molecule has 0 saturated heterocycles. The van der Waals surface area contributed by atoms with E-state index in [-0.39, 0.29) is 0 Å². The van der Waals surface area contributed by atoms with Crippen molar-refractivity contribution in [3.05, 3.63) is 217 Å². The molecule has 54 heavy (non-hydrogen) atoms. The minimum atomic E-state index is 0.955. The van der Waals surface area contributed by atoms with Gasteiger partial charge in [0.05, 0.1) is 11.0 Å². The van der Waals surface area contributed by atoms with Crippen molar-refractivity contribution in [2.45, 2.75) is 12.8 Å². The number of para-hydroxylation sites is 2. The van der Waals surface area contributed by atoms with E-state index in [1.54, 1.807) is 0 Å². The van der Waals surface area contributed by atoms with Crippen molar-refractivity contribution in [3.63, 3.8) is 0 Å². The van der Waals surface area contributed by atoms with Crippen molar-refractivity contribution >= 4 is 49.4 Å². The maximum atomic E-state index is 3.36. The van der Waals surface area contributed by atoms with Gasteiger partial charge in [-0.3, -0.25) is 0 Å². The van der Waals surface area contributed by atoms with E-state index in [0.29, 0.717) is 0 Å². The molecule has 0 spiro atoms. The second-order valence-electron chi connectivity index (χ2n) is 14.2. The normalized spacial score (nSPS) is 16.3. The number of aromatic nitrogens is 2. The molecular formula is C52H38N2. The number of allylic oxidation sites excluding steroid dienone is 6. The first-order chi connectivity index (χ1) is 26.7. The van der Waals surface area contributed by atoms with Crippen LogP contribution in [0.5, 0.6) is 0 Å². The van der Waals surface area contributed by atoms with Gasteiger partial charge in [0.15, 0.2) is 0 Å². The van der Waals surface area contributed by atoms with Gasteiger partial charge in [0.1, 0.15) is 0 Å². The first-order valence-electron chi connectivity index (χ1n) is 18.8. The fourth-order valence-corrected chi connectivity index (χ4v) is 8.15. The molecule has 2 heteroatoms. The maximum Gasteiger partial charge on any atom is 0.0541 e. The summed E-state index contributed by atoms with van der Waals surface area (Å²) in [7, 11) is 0. The Bertz CT molecular complexity index is 2840. The molecule has 0 atom stereocenters. The molecule has 1 aliphatic carbocycles.